The van der Waals surface area contributed by atoms with Gasteiger partial charge in [-0.15, -0.1) is 0 Å². The largest absolute Gasteiger partial charge is 0.478 e. The number of nitrogens with zero attached hydrogens (tertiary/aromatic N) is 3. The lowest BCUT2D eigenvalue weighted by atomic mass is 10.2. The monoisotopic (exact) mass is 323 g/mol. The molecule has 3 aromatic rings. The summed E-state index contributed by atoms with van der Waals surface area (Å²) in [6.07, 6.45) is -4.60. The van der Waals surface area contributed by atoms with Crippen molar-refractivity contribution in [2.45, 2.75) is 13.1 Å². The first-order valence-electron chi connectivity index (χ1n) is 6.59. The van der Waals surface area contributed by atoms with E-state index in [4.69, 9.17) is 4.74 Å². The van der Waals surface area contributed by atoms with Gasteiger partial charge in [0, 0.05) is 5.69 Å². The second-order valence-electron chi connectivity index (χ2n) is 4.83. The summed E-state index contributed by atoms with van der Waals surface area (Å²) >= 11 is 0. The number of benzene rings is 1. The fraction of sp³-hybridized carbons (Fsp3) is 0.214. The van der Waals surface area contributed by atoms with E-state index >= 15 is 0 Å². The first kappa shape index (κ1) is 15.1. The Morgan fingerprint density at radius 3 is 2.39 bits per heavy atom. The van der Waals surface area contributed by atoms with Gasteiger partial charge < -0.3 is 15.0 Å². The topological polar surface area (TPSA) is 75.7 Å². The highest BCUT2D eigenvalue weighted by atomic mass is 19.4. The minimum atomic E-state index is -4.60. The Bertz CT molecular complexity index is 842. The Kier molecular flexibility index (Phi) is 3.55. The van der Waals surface area contributed by atoms with Gasteiger partial charge in [-0.25, -0.2) is 9.97 Å². The average Bonchev–Trinajstić information content (AvgIpc) is 2.92. The van der Waals surface area contributed by atoms with Gasteiger partial charge in [0.15, 0.2) is 11.5 Å². The van der Waals surface area contributed by atoms with Crippen LogP contribution in [0.3, 0.4) is 0 Å². The van der Waals surface area contributed by atoms with Gasteiger partial charge in [0.1, 0.15) is 0 Å². The number of nitrogens with one attached hydrogen (secondary N) is 2. The molecule has 6 nitrogen and oxygen atoms in total. The molecule has 23 heavy (non-hydrogen) atoms. The van der Waals surface area contributed by atoms with E-state index in [1.807, 2.05) is 31.2 Å². The predicted octanol–water partition coefficient (Wildman–Crippen LogP) is 3.43. The molecular weight excluding hydrogens is 311 g/mol. The number of rotatable bonds is 3. The number of halogens is 3. The van der Waals surface area contributed by atoms with Crippen LogP contribution in [0.2, 0.25) is 0 Å². The molecule has 3 rings (SSSR count). The highest BCUT2D eigenvalue weighted by molar-refractivity contribution is 5.72. The quantitative estimate of drug-likeness (QED) is 0.772. The first-order valence-corrected chi connectivity index (χ1v) is 6.59. The molecule has 0 aliphatic heterocycles. The normalized spacial score (nSPS) is 11.7. The van der Waals surface area contributed by atoms with Crippen LogP contribution < -0.4 is 10.1 Å². The number of fused-ring (bicyclic) bond motifs is 1. The Morgan fingerprint density at radius 1 is 1.09 bits per heavy atom. The molecule has 0 unspecified atom stereocenters. The number of hydrogen-bond donors (Lipinski definition) is 2. The van der Waals surface area contributed by atoms with Crippen LogP contribution in [-0.4, -0.2) is 27.0 Å². The van der Waals surface area contributed by atoms with Crippen LogP contribution in [0.1, 0.15) is 11.4 Å². The molecule has 9 heteroatoms. The van der Waals surface area contributed by atoms with E-state index in [1.54, 1.807) is 0 Å². The average molecular weight is 323 g/mol. The van der Waals surface area contributed by atoms with Crippen molar-refractivity contribution in [1.29, 1.82) is 0 Å². The molecule has 0 spiro atoms. The summed E-state index contributed by atoms with van der Waals surface area (Å²) < 4.78 is 43.2. The highest BCUT2D eigenvalue weighted by Gasteiger charge is 2.35. The van der Waals surface area contributed by atoms with Crippen molar-refractivity contribution in [3.05, 3.63) is 35.7 Å². The molecule has 0 radical (unpaired) electrons. The third kappa shape index (κ3) is 3.03. The highest BCUT2D eigenvalue weighted by Crippen LogP contribution is 2.30. The fourth-order valence-corrected chi connectivity index (χ4v) is 1.95. The number of aryl methyl sites for hydroxylation is 1. The summed E-state index contributed by atoms with van der Waals surface area (Å²) in [5, 5.41) is 2.96. The predicted molar refractivity (Wildman–Crippen MR) is 77.7 cm³/mol. The van der Waals surface area contributed by atoms with Gasteiger partial charge in [-0.05, 0) is 19.1 Å². The third-order valence-corrected chi connectivity index (χ3v) is 3.08. The van der Waals surface area contributed by atoms with Crippen LogP contribution in [0.15, 0.2) is 24.3 Å². The number of aromatic nitrogens is 4. The maximum Gasteiger partial charge on any atom is 0.449 e. The van der Waals surface area contributed by atoms with Gasteiger partial charge in [0.05, 0.1) is 7.11 Å². The number of imidazole rings is 1. The summed E-state index contributed by atoms with van der Waals surface area (Å²) in [6.45, 7) is 1.94. The zero-order chi connectivity index (χ0) is 16.6. The minimum absolute atomic E-state index is 0.0540. The van der Waals surface area contributed by atoms with Crippen molar-refractivity contribution in [2.24, 2.45) is 0 Å². The van der Waals surface area contributed by atoms with E-state index in [9.17, 15) is 13.2 Å². The van der Waals surface area contributed by atoms with Crippen molar-refractivity contribution < 1.29 is 17.9 Å². The maximum absolute atomic E-state index is 12.7. The summed E-state index contributed by atoms with van der Waals surface area (Å²) in [5.41, 5.74) is 1.54. The SMILES string of the molecule is COc1nc2nc(C(F)(F)F)[nH]c2nc1Nc1ccc(C)cc1. The lowest BCUT2D eigenvalue weighted by Crippen LogP contribution is -2.06. The van der Waals surface area contributed by atoms with Gasteiger partial charge in [-0.2, -0.15) is 18.2 Å². The van der Waals surface area contributed by atoms with Crippen molar-refractivity contribution in [3.63, 3.8) is 0 Å². The molecule has 0 saturated heterocycles. The molecule has 120 valence electrons. The number of hydrogen-bond acceptors (Lipinski definition) is 5. The van der Waals surface area contributed by atoms with Crippen molar-refractivity contribution >= 4 is 22.8 Å². The number of aromatic amines is 1. The molecule has 0 aliphatic carbocycles. The van der Waals surface area contributed by atoms with Crippen molar-refractivity contribution in [2.75, 3.05) is 12.4 Å². The number of H-pyrrole nitrogens is 1. The van der Waals surface area contributed by atoms with Gasteiger partial charge in [-0.3, -0.25) is 0 Å². The fourth-order valence-electron chi connectivity index (χ4n) is 1.95. The van der Waals surface area contributed by atoms with Crippen LogP contribution in [0.5, 0.6) is 5.88 Å². The van der Waals surface area contributed by atoms with E-state index < -0.39 is 12.0 Å². The number of anilines is 2. The lowest BCUT2D eigenvalue weighted by molar-refractivity contribution is -0.144. The minimum Gasteiger partial charge on any atom is -0.478 e. The lowest BCUT2D eigenvalue weighted by Gasteiger charge is -2.09. The zero-order valence-corrected chi connectivity index (χ0v) is 12.2. The number of ether oxygens (including phenoxy) is 1. The standard InChI is InChI=1S/C14H12F3N5O/c1-7-3-5-8(6-4-7)18-11-12(23-2)20-10-9(19-11)21-13(22-10)14(15,16)17/h3-6H,1-2H3,(H2,18,19,20,21,22). The molecule has 0 saturated carbocycles. The Hall–Kier alpha value is -2.84. The summed E-state index contributed by atoms with van der Waals surface area (Å²) in [4.78, 5) is 13.5. The van der Waals surface area contributed by atoms with E-state index in [0.717, 1.165) is 5.56 Å². The maximum atomic E-state index is 12.7. The first-order chi connectivity index (χ1) is 10.9. The van der Waals surface area contributed by atoms with E-state index in [2.05, 4.69) is 25.3 Å². The van der Waals surface area contributed by atoms with Gasteiger partial charge in [0.25, 0.3) is 5.88 Å². The molecular formula is C14H12F3N5O. The van der Waals surface area contributed by atoms with E-state index in [1.165, 1.54) is 7.11 Å². The molecule has 0 aliphatic rings. The smallest absolute Gasteiger partial charge is 0.449 e. The Labute approximate surface area is 128 Å². The van der Waals surface area contributed by atoms with Crippen LogP contribution in [-0.2, 0) is 6.18 Å². The summed E-state index contributed by atoms with van der Waals surface area (Å²) in [5.74, 6) is -0.901. The van der Waals surface area contributed by atoms with E-state index in [-0.39, 0.29) is 23.0 Å². The van der Waals surface area contributed by atoms with E-state index in [0.29, 0.717) is 5.69 Å². The number of methoxy groups -OCH3 is 1. The van der Waals surface area contributed by atoms with Crippen LogP contribution in [0.4, 0.5) is 24.7 Å². The molecule has 0 amide bonds. The number of alkyl halides is 3. The Balaban J connectivity index is 2.03. The molecule has 2 aromatic heterocycles. The third-order valence-electron chi connectivity index (χ3n) is 3.08. The summed E-state index contributed by atoms with van der Waals surface area (Å²) in [6, 6.07) is 7.40. The molecule has 2 heterocycles. The van der Waals surface area contributed by atoms with Crippen LogP contribution in [0.25, 0.3) is 11.3 Å². The molecule has 0 fully saturated rings. The van der Waals surface area contributed by atoms with Crippen LogP contribution in [0, 0.1) is 6.92 Å². The summed E-state index contributed by atoms with van der Waals surface area (Å²) in [7, 11) is 1.35. The Morgan fingerprint density at radius 2 is 1.78 bits per heavy atom. The second kappa shape index (κ2) is 5.41. The van der Waals surface area contributed by atoms with Crippen LogP contribution >= 0.6 is 0 Å². The van der Waals surface area contributed by atoms with Gasteiger partial charge in [-0.1, -0.05) is 17.7 Å². The van der Waals surface area contributed by atoms with Gasteiger partial charge >= 0.3 is 6.18 Å². The molecule has 1 aromatic carbocycles. The molecule has 0 bridgehead atoms. The van der Waals surface area contributed by atoms with Crippen molar-refractivity contribution in [3.8, 4) is 5.88 Å². The van der Waals surface area contributed by atoms with Crippen molar-refractivity contribution in [1.82, 2.24) is 19.9 Å². The molecule has 2 N–H and O–H groups in total. The van der Waals surface area contributed by atoms with Gasteiger partial charge in [0.2, 0.25) is 11.5 Å². The second-order valence-corrected chi connectivity index (χ2v) is 4.83. The zero-order valence-electron chi connectivity index (χ0n) is 12.2. The molecule has 0 atom stereocenters.